The van der Waals surface area contributed by atoms with E-state index in [0.29, 0.717) is 0 Å². The molecule has 0 saturated heterocycles. The van der Waals surface area contributed by atoms with Gasteiger partial charge in [0.2, 0.25) is 0 Å². The van der Waals surface area contributed by atoms with Crippen LogP contribution in [-0.4, -0.2) is 16.1 Å². The number of hydrogen-bond donors (Lipinski definition) is 1. The summed E-state index contributed by atoms with van der Waals surface area (Å²) in [6.07, 6.45) is 11.3. The van der Waals surface area contributed by atoms with Gasteiger partial charge in [0.15, 0.2) is 0 Å². The Morgan fingerprint density at radius 2 is 1.90 bits per heavy atom. The molecule has 0 unspecified atom stereocenters. The molecule has 0 bridgehead atoms. The second kappa shape index (κ2) is 10.0. The van der Waals surface area contributed by atoms with Crippen LogP contribution in [-0.2, 0) is 0 Å². The Morgan fingerprint density at radius 3 is 2.60 bits per heavy atom. The molecule has 0 fully saturated rings. The molecule has 0 aromatic carbocycles. The van der Waals surface area contributed by atoms with E-state index in [1.54, 1.807) is 6.07 Å². The van der Waals surface area contributed by atoms with Crippen LogP contribution in [0.4, 0.5) is 0 Å². The first-order valence-corrected chi connectivity index (χ1v) is 7.42. The molecule has 1 rings (SSSR count). The monoisotopic (exact) mass is 273 g/mol. The Labute approximate surface area is 121 Å². The van der Waals surface area contributed by atoms with Crippen LogP contribution in [0.15, 0.2) is 18.3 Å². The summed E-state index contributed by atoms with van der Waals surface area (Å²) < 4.78 is 0. The third-order valence-corrected chi connectivity index (χ3v) is 3.12. The first-order chi connectivity index (χ1) is 9.74. The number of carboxylic acids is 1. The van der Waals surface area contributed by atoms with Crippen molar-refractivity contribution in [2.45, 2.75) is 58.3 Å². The van der Waals surface area contributed by atoms with E-state index in [2.05, 4.69) is 23.7 Å². The van der Waals surface area contributed by atoms with Gasteiger partial charge in [0.1, 0.15) is 5.69 Å². The highest BCUT2D eigenvalue weighted by Crippen LogP contribution is 2.08. The fraction of sp³-hybridized carbons (Fsp3) is 0.529. The third-order valence-electron chi connectivity index (χ3n) is 3.12. The average molecular weight is 273 g/mol. The lowest BCUT2D eigenvalue weighted by atomic mass is 10.1. The number of aromatic nitrogens is 1. The van der Waals surface area contributed by atoms with Gasteiger partial charge in [-0.2, -0.15) is 0 Å². The van der Waals surface area contributed by atoms with E-state index in [1.807, 2.05) is 0 Å². The molecular weight excluding hydrogens is 250 g/mol. The van der Waals surface area contributed by atoms with Crippen LogP contribution in [0.25, 0.3) is 0 Å². The summed E-state index contributed by atoms with van der Waals surface area (Å²) in [5, 5.41) is 8.83. The van der Waals surface area contributed by atoms with E-state index < -0.39 is 5.97 Å². The molecule has 0 spiro atoms. The SMILES string of the molecule is CCCCCCCCCC#Cc1ccnc(C(=O)O)c1. The molecular formula is C17H23NO2. The molecule has 0 amide bonds. The van der Waals surface area contributed by atoms with Crippen molar-refractivity contribution in [2.24, 2.45) is 0 Å². The van der Waals surface area contributed by atoms with E-state index >= 15 is 0 Å². The smallest absolute Gasteiger partial charge is 0.354 e. The highest BCUT2D eigenvalue weighted by Gasteiger charge is 2.02. The van der Waals surface area contributed by atoms with Gasteiger partial charge in [-0.1, -0.05) is 57.3 Å². The number of pyridine rings is 1. The van der Waals surface area contributed by atoms with Crippen molar-refractivity contribution in [1.82, 2.24) is 4.98 Å². The number of carboxylic acid groups (broad SMARTS) is 1. The summed E-state index contributed by atoms with van der Waals surface area (Å²) >= 11 is 0. The molecule has 0 atom stereocenters. The average Bonchev–Trinajstić information content (AvgIpc) is 2.46. The molecule has 1 aromatic rings. The number of unbranched alkanes of at least 4 members (excludes halogenated alkanes) is 7. The fourth-order valence-corrected chi connectivity index (χ4v) is 1.96. The maximum Gasteiger partial charge on any atom is 0.354 e. The van der Waals surface area contributed by atoms with Gasteiger partial charge in [0, 0.05) is 18.2 Å². The van der Waals surface area contributed by atoms with Crippen molar-refractivity contribution in [2.75, 3.05) is 0 Å². The van der Waals surface area contributed by atoms with E-state index in [1.165, 1.54) is 50.8 Å². The van der Waals surface area contributed by atoms with Crippen molar-refractivity contribution >= 4 is 5.97 Å². The highest BCUT2D eigenvalue weighted by atomic mass is 16.4. The van der Waals surface area contributed by atoms with Gasteiger partial charge in [-0.25, -0.2) is 9.78 Å². The molecule has 3 nitrogen and oxygen atoms in total. The van der Waals surface area contributed by atoms with E-state index in [4.69, 9.17) is 5.11 Å². The number of nitrogens with zero attached hydrogens (tertiary/aromatic N) is 1. The summed E-state index contributed by atoms with van der Waals surface area (Å²) in [6.45, 7) is 2.23. The molecule has 1 heterocycles. The Bertz CT molecular complexity index is 471. The fourth-order valence-electron chi connectivity index (χ4n) is 1.96. The maximum atomic E-state index is 10.8. The van der Waals surface area contributed by atoms with E-state index in [9.17, 15) is 4.79 Å². The molecule has 3 heteroatoms. The predicted molar refractivity (Wildman–Crippen MR) is 80.7 cm³/mol. The minimum absolute atomic E-state index is 0.0488. The summed E-state index contributed by atoms with van der Waals surface area (Å²) in [5.41, 5.74) is 0.771. The lowest BCUT2D eigenvalue weighted by molar-refractivity contribution is 0.0690. The van der Waals surface area contributed by atoms with E-state index in [-0.39, 0.29) is 5.69 Å². The highest BCUT2D eigenvalue weighted by molar-refractivity contribution is 5.85. The number of carbonyl (C=O) groups is 1. The Hall–Kier alpha value is -1.82. The summed E-state index contributed by atoms with van der Waals surface area (Å²) in [5.74, 6) is 5.08. The minimum Gasteiger partial charge on any atom is -0.477 e. The molecule has 0 radical (unpaired) electrons. The lowest BCUT2D eigenvalue weighted by Gasteiger charge is -1.98. The summed E-state index contributed by atoms with van der Waals surface area (Å²) in [4.78, 5) is 14.5. The zero-order chi connectivity index (χ0) is 14.6. The summed E-state index contributed by atoms with van der Waals surface area (Å²) in [7, 11) is 0. The van der Waals surface area contributed by atoms with Gasteiger partial charge in [-0.15, -0.1) is 0 Å². The number of hydrogen-bond acceptors (Lipinski definition) is 2. The summed E-state index contributed by atoms with van der Waals surface area (Å²) in [6, 6.07) is 3.25. The van der Waals surface area contributed by atoms with Gasteiger partial charge in [-0.3, -0.25) is 0 Å². The first-order valence-electron chi connectivity index (χ1n) is 7.42. The molecule has 0 aliphatic carbocycles. The van der Waals surface area contributed by atoms with Crippen LogP contribution < -0.4 is 0 Å². The van der Waals surface area contributed by atoms with Crippen LogP contribution in [0, 0.1) is 11.8 Å². The molecule has 20 heavy (non-hydrogen) atoms. The van der Waals surface area contributed by atoms with Crippen molar-refractivity contribution in [3.63, 3.8) is 0 Å². The molecule has 0 saturated carbocycles. The Balaban J connectivity index is 2.22. The topological polar surface area (TPSA) is 50.2 Å². The quantitative estimate of drug-likeness (QED) is 0.568. The third kappa shape index (κ3) is 6.94. The second-order valence-corrected chi connectivity index (χ2v) is 4.91. The number of aromatic carboxylic acids is 1. The first kappa shape index (κ1) is 16.2. The van der Waals surface area contributed by atoms with Crippen LogP contribution in [0.2, 0.25) is 0 Å². The van der Waals surface area contributed by atoms with Crippen LogP contribution in [0.3, 0.4) is 0 Å². The predicted octanol–water partition coefficient (Wildman–Crippen LogP) is 4.27. The van der Waals surface area contributed by atoms with Gasteiger partial charge >= 0.3 is 5.97 Å². The normalized spacial score (nSPS) is 9.85. The molecule has 1 N–H and O–H groups in total. The van der Waals surface area contributed by atoms with E-state index in [0.717, 1.165) is 18.4 Å². The van der Waals surface area contributed by atoms with Crippen molar-refractivity contribution in [3.05, 3.63) is 29.6 Å². The Kier molecular flexibility index (Phi) is 8.14. The van der Waals surface area contributed by atoms with Gasteiger partial charge < -0.3 is 5.11 Å². The largest absolute Gasteiger partial charge is 0.477 e. The zero-order valence-electron chi connectivity index (χ0n) is 12.2. The molecule has 0 aliphatic rings. The zero-order valence-corrected chi connectivity index (χ0v) is 12.2. The van der Waals surface area contributed by atoms with Crippen LogP contribution in [0.5, 0.6) is 0 Å². The van der Waals surface area contributed by atoms with Gasteiger partial charge in [-0.05, 0) is 18.6 Å². The minimum atomic E-state index is -1.01. The molecule has 0 aliphatic heterocycles. The molecule has 1 aromatic heterocycles. The second-order valence-electron chi connectivity index (χ2n) is 4.91. The van der Waals surface area contributed by atoms with Gasteiger partial charge in [0.05, 0.1) is 0 Å². The maximum absolute atomic E-state index is 10.8. The van der Waals surface area contributed by atoms with Crippen molar-refractivity contribution < 1.29 is 9.90 Å². The Morgan fingerprint density at radius 1 is 1.20 bits per heavy atom. The lowest BCUT2D eigenvalue weighted by Crippen LogP contribution is -1.99. The molecule has 108 valence electrons. The standard InChI is InChI=1S/C17H23NO2/c1-2-3-4-5-6-7-8-9-10-11-15-12-13-18-16(14-15)17(19)20/h12-14H,2-9H2,1H3,(H,19,20). The van der Waals surface area contributed by atoms with Crippen LogP contribution in [0.1, 0.15) is 74.3 Å². The van der Waals surface area contributed by atoms with Crippen molar-refractivity contribution in [3.8, 4) is 11.8 Å². The van der Waals surface area contributed by atoms with Gasteiger partial charge in [0.25, 0.3) is 0 Å². The van der Waals surface area contributed by atoms with Crippen molar-refractivity contribution in [1.29, 1.82) is 0 Å². The van der Waals surface area contributed by atoms with Crippen LogP contribution >= 0.6 is 0 Å². The number of rotatable bonds is 8.